The van der Waals surface area contributed by atoms with E-state index >= 15 is 0 Å². The maximum absolute atomic E-state index is 13.8. The molecule has 0 spiro atoms. The van der Waals surface area contributed by atoms with Gasteiger partial charge in [-0.1, -0.05) is 29.8 Å². The highest BCUT2D eigenvalue weighted by molar-refractivity contribution is 6.46. The Morgan fingerprint density at radius 3 is 2.18 bits per heavy atom. The molecule has 4 rings (SSSR count). The molecule has 0 fully saturated rings. The summed E-state index contributed by atoms with van der Waals surface area (Å²) in [5, 5.41) is 2.84. The number of rotatable bonds is 6. The zero-order valence-corrected chi connectivity index (χ0v) is 19.3. The minimum atomic E-state index is -1.06. The lowest BCUT2D eigenvalue weighted by atomic mass is 10.0. The molecule has 7 heteroatoms. The molecule has 0 atom stereocenters. The standard InChI is InChI=1S/C27H24F2N2O3/c1-15(2)34-20-9-6-18(7-10-20)24-25(30-19-8-11-21(28)22(29)14-19)27(33)31(26(24)32)23-12-5-16(3)13-17(23)4/h5-15,30H,1-4H3. The highest BCUT2D eigenvalue weighted by atomic mass is 19.2. The normalized spacial score (nSPS) is 13.8. The van der Waals surface area contributed by atoms with Crippen molar-refractivity contribution in [3.8, 4) is 5.75 Å². The Morgan fingerprint density at radius 2 is 1.56 bits per heavy atom. The summed E-state index contributed by atoms with van der Waals surface area (Å²) < 4.78 is 32.9. The van der Waals surface area contributed by atoms with E-state index in [2.05, 4.69) is 5.32 Å². The Bertz CT molecular complexity index is 1310. The summed E-state index contributed by atoms with van der Waals surface area (Å²) in [6.45, 7) is 7.55. The largest absolute Gasteiger partial charge is 0.491 e. The predicted octanol–water partition coefficient (Wildman–Crippen LogP) is 5.77. The Kier molecular flexibility index (Phi) is 6.20. The minimum absolute atomic E-state index is 0.0199. The van der Waals surface area contributed by atoms with Crippen molar-refractivity contribution in [2.24, 2.45) is 0 Å². The average molecular weight is 462 g/mol. The van der Waals surface area contributed by atoms with Crippen LogP contribution in [0.5, 0.6) is 5.75 Å². The monoisotopic (exact) mass is 462 g/mol. The molecule has 0 aromatic heterocycles. The zero-order chi connectivity index (χ0) is 24.6. The molecule has 0 bridgehead atoms. The number of anilines is 2. The van der Waals surface area contributed by atoms with Crippen molar-refractivity contribution < 1.29 is 23.1 Å². The van der Waals surface area contributed by atoms with E-state index in [0.717, 1.165) is 28.2 Å². The van der Waals surface area contributed by atoms with Crippen LogP contribution in [-0.2, 0) is 9.59 Å². The molecule has 0 saturated carbocycles. The molecule has 174 valence electrons. The summed E-state index contributed by atoms with van der Waals surface area (Å²) in [7, 11) is 0. The van der Waals surface area contributed by atoms with Gasteiger partial charge in [0.15, 0.2) is 11.6 Å². The van der Waals surface area contributed by atoms with Crippen LogP contribution in [0.3, 0.4) is 0 Å². The van der Waals surface area contributed by atoms with Gasteiger partial charge in [0.25, 0.3) is 11.8 Å². The number of hydrogen-bond acceptors (Lipinski definition) is 4. The van der Waals surface area contributed by atoms with Crippen molar-refractivity contribution in [1.29, 1.82) is 0 Å². The Labute approximate surface area is 196 Å². The fraction of sp³-hybridized carbons (Fsp3) is 0.185. The van der Waals surface area contributed by atoms with Gasteiger partial charge in [0.05, 0.1) is 17.4 Å². The van der Waals surface area contributed by atoms with Crippen LogP contribution in [0.4, 0.5) is 20.2 Å². The Morgan fingerprint density at radius 1 is 0.853 bits per heavy atom. The summed E-state index contributed by atoms with van der Waals surface area (Å²) >= 11 is 0. The first-order chi connectivity index (χ1) is 16.2. The molecular formula is C27H24F2N2O3. The molecule has 1 aliphatic heterocycles. The average Bonchev–Trinajstić information content (AvgIpc) is 3.01. The van der Waals surface area contributed by atoms with Gasteiger partial charge in [0.2, 0.25) is 0 Å². The minimum Gasteiger partial charge on any atom is -0.491 e. The van der Waals surface area contributed by atoms with Gasteiger partial charge in [0, 0.05) is 11.8 Å². The number of hydrogen-bond donors (Lipinski definition) is 1. The van der Waals surface area contributed by atoms with Crippen molar-refractivity contribution in [3.05, 3.63) is 94.7 Å². The van der Waals surface area contributed by atoms with E-state index in [1.54, 1.807) is 30.3 Å². The van der Waals surface area contributed by atoms with Crippen molar-refractivity contribution in [1.82, 2.24) is 0 Å². The van der Waals surface area contributed by atoms with E-state index in [-0.39, 0.29) is 23.1 Å². The van der Waals surface area contributed by atoms with Gasteiger partial charge in [-0.25, -0.2) is 13.7 Å². The smallest absolute Gasteiger partial charge is 0.282 e. The number of nitrogens with one attached hydrogen (secondary N) is 1. The lowest BCUT2D eigenvalue weighted by molar-refractivity contribution is -0.120. The van der Waals surface area contributed by atoms with Crippen LogP contribution in [0.15, 0.2) is 66.4 Å². The summed E-state index contributed by atoms with van der Waals surface area (Å²) in [5.41, 5.74) is 2.96. The predicted molar refractivity (Wildman–Crippen MR) is 128 cm³/mol. The summed E-state index contributed by atoms with van der Waals surface area (Å²) in [6.07, 6.45) is -0.0228. The van der Waals surface area contributed by atoms with Crippen LogP contribution in [0.1, 0.15) is 30.5 Å². The second kappa shape index (κ2) is 9.09. The second-order valence-corrected chi connectivity index (χ2v) is 8.43. The van der Waals surface area contributed by atoms with Gasteiger partial charge in [-0.3, -0.25) is 9.59 Å². The van der Waals surface area contributed by atoms with Crippen LogP contribution in [-0.4, -0.2) is 17.9 Å². The van der Waals surface area contributed by atoms with Gasteiger partial charge >= 0.3 is 0 Å². The third-order valence-corrected chi connectivity index (χ3v) is 5.38. The topological polar surface area (TPSA) is 58.6 Å². The third kappa shape index (κ3) is 4.41. The fourth-order valence-electron chi connectivity index (χ4n) is 3.88. The first kappa shape index (κ1) is 23.2. The van der Waals surface area contributed by atoms with E-state index < -0.39 is 23.4 Å². The van der Waals surface area contributed by atoms with Crippen LogP contribution in [0, 0.1) is 25.5 Å². The number of amides is 2. The number of ether oxygens (including phenoxy) is 1. The van der Waals surface area contributed by atoms with Crippen LogP contribution in [0.25, 0.3) is 5.57 Å². The molecule has 1 heterocycles. The molecule has 1 N–H and O–H groups in total. The van der Waals surface area contributed by atoms with Crippen molar-refractivity contribution in [3.63, 3.8) is 0 Å². The number of carbonyl (C=O) groups is 2. The number of carbonyl (C=O) groups excluding carboxylic acids is 2. The molecule has 0 radical (unpaired) electrons. The van der Waals surface area contributed by atoms with E-state index in [9.17, 15) is 18.4 Å². The fourth-order valence-corrected chi connectivity index (χ4v) is 3.88. The summed E-state index contributed by atoms with van der Waals surface area (Å²) in [4.78, 5) is 28.2. The van der Waals surface area contributed by atoms with Crippen molar-refractivity contribution in [2.45, 2.75) is 33.8 Å². The first-order valence-corrected chi connectivity index (χ1v) is 10.8. The van der Waals surface area contributed by atoms with E-state index in [4.69, 9.17) is 4.74 Å². The highest BCUT2D eigenvalue weighted by Gasteiger charge is 2.40. The van der Waals surface area contributed by atoms with Gasteiger partial charge in [0.1, 0.15) is 11.4 Å². The maximum atomic E-state index is 13.8. The molecule has 0 unspecified atom stereocenters. The van der Waals surface area contributed by atoms with Crippen molar-refractivity contribution >= 4 is 28.8 Å². The highest BCUT2D eigenvalue weighted by Crippen LogP contribution is 2.36. The molecule has 0 saturated heterocycles. The van der Waals surface area contributed by atoms with Crippen molar-refractivity contribution in [2.75, 3.05) is 10.2 Å². The van der Waals surface area contributed by atoms with Gasteiger partial charge in [-0.05, 0) is 69.2 Å². The van der Waals surface area contributed by atoms with E-state index in [0.29, 0.717) is 17.0 Å². The van der Waals surface area contributed by atoms with E-state index in [1.807, 2.05) is 39.8 Å². The van der Waals surface area contributed by atoms with Crippen LogP contribution in [0.2, 0.25) is 0 Å². The van der Waals surface area contributed by atoms with Gasteiger partial charge in [-0.15, -0.1) is 0 Å². The molecule has 3 aromatic carbocycles. The number of aryl methyl sites for hydroxylation is 2. The molecular weight excluding hydrogens is 438 g/mol. The molecule has 3 aromatic rings. The molecule has 0 aliphatic carbocycles. The number of benzene rings is 3. The SMILES string of the molecule is Cc1ccc(N2C(=O)C(Nc3ccc(F)c(F)c3)=C(c3ccc(OC(C)C)cc3)C2=O)c(C)c1. The molecule has 34 heavy (non-hydrogen) atoms. The lowest BCUT2D eigenvalue weighted by Gasteiger charge is -2.18. The molecule has 5 nitrogen and oxygen atoms in total. The van der Waals surface area contributed by atoms with Gasteiger partial charge in [-0.2, -0.15) is 0 Å². The van der Waals surface area contributed by atoms with Crippen LogP contribution >= 0.6 is 0 Å². The summed E-state index contributed by atoms with van der Waals surface area (Å²) in [5.74, 6) is -2.55. The third-order valence-electron chi connectivity index (χ3n) is 5.38. The van der Waals surface area contributed by atoms with E-state index in [1.165, 1.54) is 6.07 Å². The number of nitrogens with zero attached hydrogens (tertiary/aromatic N) is 1. The van der Waals surface area contributed by atoms with Crippen LogP contribution < -0.4 is 15.0 Å². The summed E-state index contributed by atoms with van der Waals surface area (Å²) in [6, 6.07) is 15.4. The quantitative estimate of drug-likeness (QED) is 0.473. The number of imide groups is 1. The Balaban J connectivity index is 1.80. The Hall–Kier alpha value is -4.00. The zero-order valence-electron chi connectivity index (χ0n) is 19.3. The maximum Gasteiger partial charge on any atom is 0.282 e. The second-order valence-electron chi connectivity index (χ2n) is 8.43. The first-order valence-electron chi connectivity index (χ1n) is 10.8. The molecule has 2 amide bonds. The molecule has 1 aliphatic rings. The number of halogens is 2. The van der Waals surface area contributed by atoms with Gasteiger partial charge < -0.3 is 10.1 Å². The lowest BCUT2D eigenvalue weighted by Crippen LogP contribution is -2.33.